The predicted octanol–water partition coefficient (Wildman–Crippen LogP) is 3.94. The average molecular weight is 426 g/mol. The first-order valence-corrected chi connectivity index (χ1v) is 10.4. The number of nitrogens with zero attached hydrogens (tertiary/aromatic N) is 3. The molecule has 0 fully saturated rings. The lowest BCUT2D eigenvalue weighted by atomic mass is 9.98. The third kappa shape index (κ3) is 3.80. The fraction of sp³-hybridized carbons (Fsp3) is 0.160. The number of methoxy groups -OCH3 is 1. The van der Waals surface area contributed by atoms with Gasteiger partial charge in [-0.3, -0.25) is 14.5 Å². The van der Waals surface area contributed by atoms with Gasteiger partial charge in [0.25, 0.3) is 5.91 Å². The largest absolute Gasteiger partial charge is 0.497 e. The highest BCUT2D eigenvalue weighted by atomic mass is 16.5. The molecule has 0 aliphatic carbocycles. The SMILES string of the molecule is COc1cccc(COc2ccc(-c3c(-c4ccncc4)nn4c3C(=O)NCC4)cc2)c1. The summed E-state index contributed by atoms with van der Waals surface area (Å²) in [6, 6.07) is 19.4. The summed E-state index contributed by atoms with van der Waals surface area (Å²) in [5, 5.41) is 7.67. The quantitative estimate of drug-likeness (QED) is 0.505. The number of pyridine rings is 1. The van der Waals surface area contributed by atoms with Crippen molar-refractivity contribution in [2.45, 2.75) is 13.2 Å². The van der Waals surface area contributed by atoms with E-state index in [0.29, 0.717) is 25.4 Å². The van der Waals surface area contributed by atoms with Crippen LogP contribution in [0, 0.1) is 0 Å². The molecule has 0 radical (unpaired) electrons. The first-order valence-electron chi connectivity index (χ1n) is 10.4. The Morgan fingerprint density at radius 3 is 2.59 bits per heavy atom. The zero-order chi connectivity index (χ0) is 21.9. The van der Waals surface area contributed by atoms with Crippen molar-refractivity contribution in [3.05, 3.63) is 84.3 Å². The lowest BCUT2D eigenvalue weighted by Crippen LogP contribution is -2.35. The number of carbonyl (C=O) groups is 1. The van der Waals surface area contributed by atoms with E-state index in [1.165, 1.54) is 0 Å². The average Bonchev–Trinajstić information content (AvgIpc) is 3.25. The second kappa shape index (κ2) is 8.55. The number of fused-ring (bicyclic) bond motifs is 1. The van der Waals surface area contributed by atoms with Crippen molar-refractivity contribution in [2.24, 2.45) is 0 Å². The monoisotopic (exact) mass is 426 g/mol. The van der Waals surface area contributed by atoms with E-state index in [-0.39, 0.29) is 5.91 Å². The summed E-state index contributed by atoms with van der Waals surface area (Å²) in [6.07, 6.45) is 3.46. The van der Waals surface area contributed by atoms with Crippen molar-refractivity contribution in [2.75, 3.05) is 13.7 Å². The van der Waals surface area contributed by atoms with Gasteiger partial charge in [0.2, 0.25) is 0 Å². The Bertz CT molecular complexity index is 1250. The zero-order valence-electron chi connectivity index (χ0n) is 17.6. The van der Waals surface area contributed by atoms with E-state index in [2.05, 4.69) is 10.3 Å². The molecule has 4 aromatic rings. The van der Waals surface area contributed by atoms with Gasteiger partial charge in [-0.15, -0.1) is 0 Å². The Balaban J connectivity index is 1.46. The predicted molar refractivity (Wildman–Crippen MR) is 121 cm³/mol. The highest BCUT2D eigenvalue weighted by Crippen LogP contribution is 2.36. The fourth-order valence-electron chi connectivity index (χ4n) is 3.85. The molecule has 32 heavy (non-hydrogen) atoms. The molecular formula is C25H22N4O3. The molecule has 0 saturated carbocycles. The van der Waals surface area contributed by atoms with Gasteiger partial charge in [-0.2, -0.15) is 5.10 Å². The summed E-state index contributed by atoms with van der Waals surface area (Å²) in [6.45, 7) is 1.64. The van der Waals surface area contributed by atoms with Crippen LogP contribution in [0.4, 0.5) is 0 Å². The molecule has 7 heteroatoms. The second-order valence-electron chi connectivity index (χ2n) is 7.45. The van der Waals surface area contributed by atoms with Crippen LogP contribution in [0.5, 0.6) is 11.5 Å². The summed E-state index contributed by atoms with van der Waals surface area (Å²) in [7, 11) is 1.65. The molecule has 0 atom stereocenters. The van der Waals surface area contributed by atoms with Gasteiger partial charge in [0.05, 0.1) is 13.7 Å². The molecule has 0 bridgehead atoms. The van der Waals surface area contributed by atoms with Crippen LogP contribution >= 0.6 is 0 Å². The molecular weight excluding hydrogens is 404 g/mol. The van der Waals surface area contributed by atoms with Gasteiger partial charge in [0.15, 0.2) is 0 Å². The van der Waals surface area contributed by atoms with Gasteiger partial charge in [0.1, 0.15) is 29.5 Å². The van der Waals surface area contributed by atoms with Crippen LogP contribution in [-0.4, -0.2) is 34.3 Å². The molecule has 160 valence electrons. The molecule has 1 N–H and O–H groups in total. The van der Waals surface area contributed by atoms with Crippen LogP contribution in [0.25, 0.3) is 22.4 Å². The van der Waals surface area contributed by atoms with Crippen molar-refractivity contribution in [3.63, 3.8) is 0 Å². The van der Waals surface area contributed by atoms with Crippen LogP contribution in [-0.2, 0) is 13.2 Å². The van der Waals surface area contributed by atoms with Crippen LogP contribution in [0.3, 0.4) is 0 Å². The van der Waals surface area contributed by atoms with E-state index < -0.39 is 0 Å². The smallest absolute Gasteiger partial charge is 0.270 e. The Hall–Kier alpha value is -4.13. The third-order valence-corrected chi connectivity index (χ3v) is 5.41. The Labute approximate surface area is 185 Å². The molecule has 1 amide bonds. The number of rotatable bonds is 6. The van der Waals surface area contributed by atoms with Crippen molar-refractivity contribution < 1.29 is 14.3 Å². The molecule has 0 saturated heterocycles. The van der Waals surface area contributed by atoms with Crippen LogP contribution in [0.2, 0.25) is 0 Å². The maximum atomic E-state index is 12.7. The molecule has 7 nitrogen and oxygen atoms in total. The van der Waals surface area contributed by atoms with Gasteiger partial charge in [0, 0.05) is 30.1 Å². The summed E-state index contributed by atoms with van der Waals surface area (Å²) in [5.41, 5.74) is 5.01. The molecule has 0 unspecified atom stereocenters. The Morgan fingerprint density at radius 2 is 1.81 bits per heavy atom. The summed E-state index contributed by atoms with van der Waals surface area (Å²) in [4.78, 5) is 16.8. The first kappa shape index (κ1) is 19.8. The third-order valence-electron chi connectivity index (χ3n) is 5.41. The minimum Gasteiger partial charge on any atom is -0.497 e. The number of benzene rings is 2. The van der Waals surface area contributed by atoms with E-state index >= 15 is 0 Å². The van der Waals surface area contributed by atoms with Crippen LogP contribution < -0.4 is 14.8 Å². The topological polar surface area (TPSA) is 78.3 Å². The fourth-order valence-corrected chi connectivity index (χ4v) is 3.85. The minimum absolute atomic E-state index is 0.114. The Kier molecular flexibility index (Phi) is 5.29. The van der Waals surface area contributed by atoms with Crippen molar-refractivity contribution in [1.29, 1.82) is 0 Å². The molecule has 1 aliphatic rings. The van der Waals surface area contributed by atoms with E-state index in [0.717, 1.165) is 39.4 Å². The maximum Gasteiger partial charge on any atom is 0.270 e. The van der Waals surface area contributed by atoms with Crippen LogP contribution in [0.15, 0.2) is 73.1 Å². The lowest BCUT2D eigenvalue weighted by Gasteiger charge is -2.15. The highest BCUT2D eigenvalue weighted by Gasteiger charge is 2.27. The van der Waals surface area contributed by atoms with E-state index in [4.69, 9.17) is 14.6 Å². The standard InChI is InChI=1S/C25H22N4O3/c1-31-21-4-2-3-17(15-21)16-32-20-7-5-18(6-8-20)22-23(19-9-11-26-12-10-19)28-29-14-13-27-25(30)24(22)29/h2-12,15H,13-14,16H2,1H3,(H,27,30). The normalized spacial score (nSPS) is 12.7. The van der Waals surface area contributed by atoms with E-state index in [1.54, 1.807) is 24.2 Å². The number of amides is 1. The molecule has 5 rings (SSSR count). The minimum atomic E-state index is -0.114. The molecule has 1 aliphatic heterocycles. The van der Waals surface area contributed by atoms with Crippen molar-refractivity contribution in [1.82, 2.24) is 20.1 Å². The van der Waals surface area contributed by atoms with Gasteiger partial charge in [-0.25, -0.2) is 0 Å². The van der Waals surface area contributed by atoms with Gasteiger partial charge < -0.3 is 14.8 Å². The van der Waals surface area contributed by atoms with Gasteiger partial charge in [-0.1, -0.05) is 24.3 Å². The van der Waals surface area contributed by atoms with Crippen molar-refractivity contribution >= 4 is 5.91 Å². The summed E-state index contributed by atoms with van der Waals surface area (Å²) < 4.78 is 13.0. The number of ether oxygens (including phenoxy) is 2. The maximum absolute atomic E-state index is 12.7. The highest BCUT2D eigenvalue weighted by molar-refractivity contribution is 6.03. The number of carbonyl (C=O) groups excluding carboxylic acids is 1. The molecule has 2 aromatic heterocycles. The molecule has 3 heterocycles. The van der Waals surface area contributed by atoms with Crippen molar-refractivity contribution in [3.8, 4) is 33.9 Å². The second-order valence-corrected chi connectivity index (χ2v) is 7.45. The Morgan fingerprint density at radius 1 is 1.00 bits per heavy atom. The summed E-state index contributed by atoms with van der Waals surface area (Å²) >= 11 is 0. The molecule has 2 aromatic carbocycles. The van der Waals surface area contributed by atoms with E-state index in [9.17, 15) is 4.79 Å². The summed E-state index contributed by atoms with van der Waals surface area (Å²) in [5.74, 6) is 1.43. The van der Waals surface area contributed by atoms with Gasteiger partial charge in [-0.05, 0) is 47.5 Å². The molecule has 0 spiro atoms. The van der Waals surface area contributed by atoms with Gasteiger partial charge >= 0.3 is 0 Å². The van der Waals surface area contributed by atoms with E-state index in [1.807, 2.05) is 60.7 Å². The lowest BCUT2D eigenvalue weighted by molar-refractivity contribution is 0.0925. The number of aromatic nitrogens is 3. The zero-order valence-corrected chi connectivity index (χ0v) is 17.6. The number of hydrogen-bond acceptors (Lipinski definition) is 5. The van der Waals surface area contributed by atoms with Crippen LogP contribution in [0.1, 0.15) is 16.1 Å². The number of hydrogen-bond donors (Lipinski definition) is 1. The number of nitrogens with one attached hydrogen (secondary N) is 1. The first-order chi connectivity index (χ1) is 15.7.